The Kier molecular flexibility index (Phi) is 4.89. The van der Waals surface area contributed by atoms with Crippen molar-refractivity contribution >= 4 is 11.3 Å². The molecule has 0 radical (unpaired) electrons. The van der Waals surface area contributed by atoms with Crippen LogP contribution >= 0.6 is 11.3 Å². The molecule has 2 rings (SSSR count). The van der Waals surface area contributed by atoms with Crippen LogP contribution in [0.3, 0.4) is 0 Å². The number of rotatable bonds is 5. The summed E-state index contributed by atoms with van der Waals surface area (Å²) in [4.78, 5) is 5.91. The third-order valence-electron chi connectivity index (χ3n) is 3.20. The summed E-state index contributed by atoms with van der Waals surface area (Å²) in [5.41, 5.74) is 2.64. The van der Waals surface area contributed by atoms with E-state index >= 15 is 0 Å². The summed E-state index contributed by atoms with van der Waals surface area (Å²) in [5, 5.41) is 4.32. The van der Waals surface area contributed by atoms with E-state index in [1.807, 2.05) is 12.1 Å². The van der Waals surface area contributed by atoms with Gasteiger partial charge in [0.1, 0.15) is 10.8 Å². The van der Waals surface area contributed by atoms with Gasteiger partial charge < -0.3 is 5.32 Å². The molecule has 0 aliphatic carbocycles. The lowest BCUT2D eigenvalue weighted by Gasteiger charge is -2.06. The first-order valence-electron chi connectivity index (χ1n) is 6.99. The van der Waals surface area contributed by atoms with E-state index in [1.54, 1.807) is 24.3 Å². The van der Waals surface area contributed by atoms with Gasteiger partial charge in [-0.05, 0) is 25.0 Å². The lowest BCUT2D eigenvalue weighted by atomic mass is 10.1. The first-order chi connectivity index (χ1) is 9.51. The molecule has 0 saturated carbocycles. The third-order valence-corrected chi connectivity index (χ3v) is 4.35. The number of benzene rings is 1. The van der Waals surface area contributed by atoms with Crippen LogP contribution in [-0.2, 0) is 13.0 Å². The fraction of sp³-hybridized carbons (Fsp3) is 0.438. The summed E-state index contributed by atoms with van der Waals surface area (Å²) in [6.07, 6.45) is 0.903. The number of aryl methyl sites for hydroxylation is 2. The second kappa shape index (κ2) is 6.46. The van der Waals surface area contributed by atoms with Gasteiger partial charge in [0, 0.05) is 23.0 Å². The predicted octanol–water partition coefficient (Wildman–Crippen LogP) is 4.32. The van der Waals surface area contributed by atoms with Gasteiger partial charge in [-0.2, -0.15) is 0 Å². The van der Waals surface area contributed by atoms with E-state index in [9.17, 15) is 4.39 Å². The maximum absolute atomic E-state index is 13.7. The van der Waals surface area contributed by atoms with Crippen molar-refractivity contribution in [1.82, 2.24) is 10.3 Å². The SMILES string of the molecule is CCc1nc(-c2ccc(C)c(F)c2)sc1CNC(C)C. The molecule has 20 heavy (non-hydrogen) atoms. The van der Waals surface area contributed by atoms with Crippen LogP contribution in [0.5, 0.6) is 0 Å². The number of nitrogens with zero attached hydrogens (tertiary/aromatic N) is 1. The lowest BCUT2D eigenvalue weighted by molar-refractivity contribution is 0.590. The largest absolute Gasteiger partial charge is 0.310 e. The second-order valence-electron chi connectivity index (χ2n) is 5.24. The van der Waals surface area contributed by atoms with Crippen molar-refractivity contribution < 1.29 is 4.39 Å². The highest BCUT2D eigenvalue weighted by atomic mass is 32.1. The van der Waals surface area contributed by atoms with Crippen LogP contribution in [-0.4, -0.2) is 11.0 Å². The lowest BCUT2D eigenvalue weighted by Crippen LogP contribution is -2.21. The highest BCUT2D eigenvalue weighted by Crippen LogP contribution is 2.29. The Morgan fingerprint density at radius 1 is 1.35 bits per heavy atom. The highest BCUT2D eigenvalue weighted by molar-refractivity contribution is 7.15. The van der Waals surface area contributed by atoms with Crippen molar-refractivity contribution in [3.63, 3.8) is 0 Å². The van der Waals surface area contributed by atoms with Crippen LogP contribution in [0.25, 0.3) is 10.6 Å². The number of aromatic nitrogens is 1. The van der Waals surface area contributed by atoms with Gasteiger partial charge in [-0.25, -0.2) is 9.37 Å². The van der Waals surface area contributed by atoms with E-state index in [0.29, 0.717) is 11.6 Å². The molecular formula is C16H21FN2S. The molecule has 108 valence electrons. The fourth-order valence-corrected chi connectivity index (χ4v) is 3.04. The molecule has 0 aliphatic rings. The van der Waals surface area contributed by atoms with Gasteiger partial charge in [-0.15, -0.1) is 11.3 Å². The maximum Gasteiger partial charge on any atom is 0.126 e. The Balaban J connectivity index is 2.30. The van der Waals surface area contributed by atoms with E-state index in [2.05, 4.69) is 31.1 Å². The Labute approximate surface area is 124 Å². The summed E-state index contributed by atoms with van der Waals surface area (Å²) in [7, 11) is 0. The van der Waals surface area contributed by atoms with Crippen LogP contribution < -0.4 is 5.32 Å². The van der Waals surface area contributed by atoms with E-state index < -0.39 is 0 Å². The zero-order valence-corrected chi connectivity index (χ0v) is 13.3. The van der Waals surface area contributed by atoms with Crippen molar-refractivity contribution in [1.29, 1.82) is 0 Å². The predicted molar refractivity (Wildman–Crippen MR) is 83.6 cm³/mol. The molecule has 1 N–H and O–H groups in total. The molecule has 0 spiro atoms. The van der Waals surface area contributed by atoms with E-state index in [1.165, 1.54) is 4.88 Å². The molecule has 1 aromatic carbocycles. The topological polar surface area (TPSA) is 24.9 Å². The van der Waals surface area contributed by atoms with Gasteiger partial charge in [-0.3, -0.25) is 0 Å². The van der Waals surface area contributed by atoms with Crippen molar-refractivity contribution in [3.05, 3.63) is 40.2 Å². The molecule has 4 heteroatoms. The number of halogens is 1. The van der Waals surface area contributed by atoms with Crippen molar-refractivity contribution in [2.75, 3.05) is 0 Å². The first kappa shape index (κ1) is 15.1. The molecule has 0 saturated heterocycles. The summed E-state index contributed by atoms with van der Waals surface area (Å²) < 4.78 is 13.7. The van der Waals surface area contributed by atoms with E-state index in [0.717, 1.165) is 29.2 Å². The molecule has 1 aromatic heterocycles. The molecule has 1 heterocycles. The molecule has 0 atom stereocenters. The molecule has 2 nitrogen and oxygen atoms in total. The third kappa shape index (κ3) is 3.44. The molecule has 0 bridgehead atoms. The van der Waals surface area contributed by atoms with Crippen LogP contribution in [0.2, 0.25) is 0 Å². The Morgan fingerprint density at radius 3 is 2.70 bits per heavy atom. The normalized spacial score (nSPS) is 11.3. The summed E-state index contributed by atoms with van der Waals surface area (Å²) in [6.45, 7) is 8.96. The molecule has 2 aromatic rings. The number of hydrogen-bond acceptors (Lipinski definition) is 3. The monoisotopic (exact) mass is 292 g/mol. The van der Waals surface area contributed by atoms with Crippen molar-refractivity contribution in [2.24, 2.45) is 0 Å². The van der Waals surface area contributed by atoms with Gasteiger partial charge in [0.05, 0.1) is 5.69 Å². The summed E-state index contributed by atoms with van der Waals surface area (Å²) in [6, 6.07) is 5.77. The molecule has 0 fully saturated rings. The van der Waals surface area contributed by atoms with Gasteiger partial charge >= 0.3 is 0 Å². The second-order valence-corrected chi connectivity index (χ2v) is 6.33. The zero-order valence-electron chi connectivity index (χ0n) is 12.5. The van der Waals surface area contributed by atoms with Gasteiger partial charge in [-0.1, -0.05) is 32.9 Å². The van der Waals surface area contributed by atoms with Crippen LogP contribution in [0.15, 0.2) is 18.2 Å². The Hall–Kier alpha value is -1.26. The minimum Gasteiger partial charge on any atom is -0.310 e. The Bertz CT molecular complexity index is 590. The molecule has 0 unspecified atom stereocenters. The maximum atomic E-state index is 13.7. The molecule has 0 aliphatic heterocycles. The van der Waals surface area contributed by atoms with Gasteiger partial charge in [0.25, 0.3) is 0 Å². The molecular weight excluding hydrogens is 271 g/mol. The van der Waals surface area contributed by atoms with Gasteiger partial charge in [0.2, 0.25) is 0 Å². The van der Waals surface area contributed by atoms with Crippen LogP contribution in [0.1, 0.15) is 36.9 Å². The van der Waals surface area contributed by atoms with Crippen LogP contribution in [0, 0.1) is 12.7 Å². The number of hydrogen-bond donors (Lipinski definition) is 1. The van der Waals surface area contributed by atoms with Crippen molar-refractivity contribution in [3.8, 4) is 10.6 Å². The van der Waals surface area contributed by atoms with Crippen LogP contribution in [0.4, 0.5) is 4.39 Å². The highest BCUT2D eigenvalue weighted by Gasteiger charge is 2.12. The average Bonchev–Trinajstić information content (AvgIpc) is 2.82. The minimum absolute atomic E-state index is 0.169. The van der Waals surface area contributed by atoms with E-state index in [4.69, 9.17) is 0 Å². The van der Waals surface area contributed by atoms with E-state index in [-0.39, 0.29) is 5.82 Å². The fourth-order valence-electron chi connectivity index (χ4n) is 1.94. The van der Waals surface area contributed by atoms with Gasteiger partial charge in [0.15, 0.2) is 0 Å². The first-order valence-corrected chi connectivity index (χ1v) is 7.81. The number of nitrogens with one attached hydrogen (secondary N) is 1. The minimum atomic E-state index is -0.169. The number of thiazole rings is 1. The quantitative estimate of drug-likeness (QED) is 0.888. The summed E-state index contributed by atoms with van der Waals surface area (Å²) in [5.74, 6) is -0.169. The zero-order chi connectivity index (χ0) is 14.7. The average molecular weight is 292 g/mol. The Morgan fingerprint density at radius 2 is 2.10 bits per heavy atom. The smallest absolute Gasteiger partial charge is 0.126 e. The van der Waals surface area contributed by atoms with Crippen molar-refractivity contribution in [2.45, 2.75) is 46.7 Å². The molecule has 0 amide bonds. The summed E-state index contributed by atoms with van der Waals surface area (Å²) >= 11 is 1.65. The standard InChI is InChI=1S/C16H21FN2S/c1-5-14-15(9-18-10(2)3)20-16(19-14)12-7-6-11(4)13(17)8-12/h6-8,10,18H,5,9H2,1-4H3.